The first-order valence-corrected chi connectivity index (χ1v) is 6.81. The van der Waals surface area contributed by atoms with Crippen LogP contribution in [0.2, 0.25) is 0 Å². The van der Waals surface area contributed by atoms with Gasteiger partial charge in [0.25, 0.3) is 0 Å². The molecular formula is C14H24N2O. The van der Waals surface area contributed by atoms with E-state index in [1.165, 1.54) is 31.5 Å². The molecule has 0 aliphatic carbocycles. The van der Waals surface area contributed by atoms with Gasteiger partial charge in [-0.05, 0) is 31.5 Å². The lowest BCUT2D eigenvalue weighted by atomic mass is 10.1. The van der Waals surface area contributed by atoms with Gasteiger partial charge in [-0.3, -0.25) is 4.90 Å². The Bertz CT molecular complexity index is 335. The Balaban J connectivity index is 1.88. The van der Waals surface area contributed by atoms with Crippen LogP contribution in [-0.4, -0.2) is 24.5 Å². The summed E-state index contributed by atoms with van der Waals surface area (Å²) < 4.78 is 5.54. The highest BCUT2D eigenvalue weighted by molar-refractivity contribution is 5.17. The quantitative estimate of drug-likeness (QED) is 0.823. The minimum atomic E-state index is 0.851. The van der Waals surface area contributed by atoms with Crippen molar-refractivity contribution in [2.75, 3.05) is 19.6 Å². The fourth-order valence-electron chi connectivity index (χ4n) is 2.53. The smallest absolute Gasteiger partial charge is 0.122 e. The van der Waals surface area contributed by atoms with Crippen LogP contribution >= 0.6 is 0 Å². The molecule has 1 fully saturated rings. The fourth-order valence-corrected chi connectivity index (χ4v) is 2.53. The first kappa shape index (κ1) is 12.7. The highest BCUT2D eigenvalue weighted by Gasteiger charge is 2.21. The standard InChI is InChI=1S/C14H24N2O/c1-3-12-5-7-16(10-12)11-13-6-8-17-14(13)9-15-4-2/h6,8,12,15H,3-5,7,9-11H2,1-2H3. The van der Waals surface area contributed by atoms with E-state index in [1.54, 1.807) is 0 Å². The van der Waals surface area contributed by atoms with Crippen LogP contribution in [0.5, 0.6) is 0 Å². The van der Waals surface area contributed by atoms with Crippen molar-refractivity contribution in [2.24, 2.45) is 5.92 Å². The maximum absolute atomic E-state index is 5.54. The van der Waals surface area contributed by atoms with E-state index in [0.717, 1.165) is 31.3 Å². The molecule has 1 unspecified atom stereocenters. The van der Waals surface area contributed by atoms with E-state index >= 15 is 0 Å². The molecule has 96 valence electrons. The Kier molecular flexibility index (Phi) is 4.63. The lowest BCUT2D eigenvalue weighted by molar-refractivity contribution is 0.311. The van der Waals surface area contributed by atoms with Crippen molar-refractivity contribution in [2.45, 2.75) is 39.8 Å². The van der Waals surface area contributed by atoms with Crippen molar-refractivity contribution < 1.29 is 4.42 Å². The van der Waals surface area contributed by atoms with Crippen LogP contribution in [0, 0.1) is 5.92 Å². The second-order valence-electron chi connectivity index (χ2n) is 4.95. The summed E-state index contributed by atoms with van der Waals surface area (Å²) in [4.78, 5) is 2.55. The van der Waals surface area contributed by atoms with Gasteiger partial charge in [0.1, 0.15) is 5.76 Å². The molecule has 1 aliphatic rings. The van der Waals surface area contributed by atoms with Crippen molar-refractivity contribution in [1.29, 1.82) is 0 Å². The minimum Gasteiger partial charge on any atom is -0.468 e. The summed E-state index contributed by atoms with van der Waals surface area (Å²) >= 11 is 0. The summed E-state index contributed by atoms with van der Waals surface area (Å²) in [5.41, 5.74) is 1.35. The number of likely N-dealkylation sites (tertiary alicyclic amines) is 1. The number of nitrogens with one attached hydrogen (secondary N) is 1. The van der Waals surface area contributed by atoms with Gasteiger partial charge >= 0.3 is 0 Å². The maximum Gasteiger partial charge on any atom is 0.122 e. The van der Waals surface area contributed by atoms with Crippen LogP contribution in [0.3, 0.4) is 0 Å². The number of hydrogen-bond donors (Lipinski definition) is 1. The Morgan fingerprint density at radius 2 is 2.35 bits per heavy atom. The summed E-state index contributed by atoms with van der Waals surface area (Å²) in [6.45, 7) is 9.80. The highest BCUT2D eigenvalue weighted by Crippen LogP contribution is 2.22. The molecule has 17 heavy (non-hydrogen) atoms. The highest BCUT2D eigenvalue weighted by atomic mass is 16.3. The van der Waals surface area contributed by atoms with E-state index in [4.69, 9.17) is 4.42 Å². The molecule has 1 N–H and O–H groups in total. The SMILES string of the molecule is CCNCc1occc1CN1CCC(CC)C1. The zero-order chi connectivity index (χ0) is 12.1. The van der Waals surface area contributed by atoms with Gasteiger partial charge < -0.3 is 9.73 Å². The number of hydrogen-bond acceptors (Lipinski definition) is 3. The molecule has 3 nitrogen and oxygen atoms in total. The predicted octanol–water partition coefficient (Wildman–Crippen LogP) is 2.62. The average Bonchev–Trinajstić information content (AvgIpc) is 2.96. The van der Waals surface area contributed by atoms with Crippen molar-refractivity contribution in [3.8, 4) is 0 Å². The van der Waals surface area contributed by atoms with E-state index in [-0.39, 0.29) is 0 Å². The molecule has 1 aliphatic heterocycles. The van der Waals surface area contributed by atoms with Crippen LogP contribution in [0.25, 0.3) is 0 Å². The van der Waals surface area contributed by atoms with Gasteiger partial charge in [-0.15, -0.1) is 0 Å². The molecule has 2 heterocycles. The molecular weight excluding hydrogens is 212 g/mol. The van der Waals surface area contributed by atoms with Crippen molar-refractivity contribution >= 4 is 0 Å². The van der Waals surface area contributed by atoms with Crippen molar-refractivity contribution in [3.05, 3.63) is 23.7 Å². The van der Waals surface area contributed by atoms with E-state index in [0.29, 0.717) is 0 Å². The third kappa shape index (κ3) is 3.33. The molecule has 0 amide bonds. The summed E-state index contributed by atoms with van der Waals surface area (Å²) in [5.74, 6) is 2.01. The average molecular weight is 236 g/mol. The molecule has 0 spiro atoms. The van der Waals surface area contributed by atoms with Gasteiger partial charge in [-0.2, -0.15) is 0 Å². The molecule has 1 atom stereocenters. The zero-order valence-corrected chi connectivity index (χ0v) is 11.0. The van der Waals surface area contributed by atoms with Crippen LogP contribution < -0.4 is 5.32 Å². The molecule has 0 radical (unpaired) electrons. The molecule has 1 aromatic rings. The first-order chi connectivity index (χ1) is 8.33. The Hall–Kier alpha value is -0.800. The van der Waals surface area contributed by atoms with Crippen LogP contribution in [0.15, 0.2) is 16.7 Å². The Morgan fingerprint density at radius 3 is 3.06 bits per heavy atom. The zero-order valence-electron chi connectivity index (χ0n) is 11.0. The van der Waals surface area contributed by atoms with E-state index in [1.807, 2.05) is 6.26 Å². The number of furan rings is 1. The van der Waals surface area contributed by atoms with E-state index < -0.39 is 0 Å². The van der Waals surface area contributed by atoms with Gasteiger partial charge in [0.15, 0.2) is 0 Å². The maximum atomic E-state index is 5.54. The van der Waals surface area contributed by atoms with Gasteiger partial charge in [-0.1, -0.05) is 20.3 Å². The monoisotopic (exact) mass is 236 g/mol. The molecule has 0 aromatic carbocycles. The lowest BCUT2D eigenvalue weighted by Crippen LogP contribution is -2.21. The van der Waals surface area contributed by atoms with Crippen LogP contribution in [0.1, 0.15) is 38.0 Å². The van der Waals surface area contributed by atoms with Gasteiger partial charge in [0.05, 0.1) is 12.8 Å². The van der Waals surface area contributed by atoms with Crippen molar-refractivity contribution in [3.63, 3.8) is 0 Å². The summed E-state index contributed by atoms with van der Waals surface area (Å²) in [7, 11) is 0. The Labute approximate surface area is 104 Å². The lowest BCUT2D eigenvalue weighted by Gasteiger charge is -2.15. The molecule has 1 aromatic heterocycles. The summed E-state index contributed by atoms with van der Waals surface area (Å²) in [5, 5.41) is 3.32. The third-order valence-electron chi connectivity index (χ3n) is 3.71. The normalized spacial score (nSPS) is 21.2. The predicted molar refractivity (Wildman–Crippen MR) is 69.8 cm³/mol. The van der Waals surface area contributed by atoms with Crippen molar-refractivity contribution in [1.82, 2.24) is 10.2 Å². The van der Waals surface area contributed by atoms with Crippen LogP contribution in [0.4, 0.5) is 0 Å². The number of rotatable bonds is 6. The molecule has 0 bridgehead atoms. The largest absolute Gasteiger partial charge is 0.468 e. The second-order valence-corrected chi connectivity index (χ2v) is 4.95. The third-order valence-corrected chi connectivity index (χ3v) is 3.71. The van der Waals surface area contributed by atoms with Crippen LogP contribution in [-0.2, 0) is 13.1 Å². The van der Waals surface area contributed by atoms with E-state index in [9.17, 15) is 0 Å². The molecule has 3 heteroatoms. The summed E-state index contributed by atoms with van der Waals surface area (Å²) in [6.07, 6.45) is 4.48. The van der Waals surface area contributed by atoms with Gasteiger partial charge in [-0.25, -0.2) is 0 Å². The minimum absolute atomic E-state index is 0.851. The first-order valence-electron chi connectivity index (χ1n) is 6.81. The van der Waals surface area contributed by atoms with Gasteiger partial charge in [0, 0.05) is 18.7 Å². The topological polar surface area (TPSA) is 28.4 Å². The molecule has 0 saturated carbocycles. The Morgan fingerprint density at radius 1 is 1.47 bits per heavy atom. The fraction of sp³-hybridized carbons (Fsp3) is 0.714. The molecule has 1 saturated heterocycles. The van der Waals surface area contributed by atoms with E-state index in [2.05, 4.69) is 30.1 Å². The number of nitrogens with zero attached hydrogens (tertiary/aromatic N) is 1. The second kappa shape index (κ2) is 6.22. The summed E-state index contributed by atoms with van der Waals surface area (Å²) in [6, 6.07) is 2.12. The molecule has 2 rings (SSSR count). The van der Waals surface area contributed by atoms with Gasteiger partial charge in [0.2, 0.25) is 0 Å².